The van der Waals surface area contributed by atoms with Gasteiger partial charge in [-0.3, -0.25) is 9.59 Å². The number of rotatable bonds is 15. The van der Waals surface area contributed by atoms with Gasteiger partial charge in [-0.25, -0.2) is 0 Å². The minimum atomic E-state index is -0.918. The van der Waals surface area contributed by atoms with Crippen LogP contribution in [0.2, 0.25) is 0 Å². The highest BCUT2D eigenvalue weighted by Gasteiger charge is 2.19. The second-order valence-electron chi connectivity index (χ2n) is 6.03. The molecule has 136 valence electrons. The lowest BCUT2D eigenvalue weighted by Gasteiger charge is -2.11. The lowest BCUT2D eigenvalue weighted by Crippen LogP contribution is -2.35. The van der Waals surface area contributed by atoms with E-state index in [1.807, 2.05) is 0 Å². The molecule has 0 rings (SSSR count). The summed E-state index contributed by atoms with van der Waals surface area (Å²) >= 11 is 0. The van der Waals surface area contributed by atoms with Crippen molar-refractivity contribution >= 4 is 11.9 Å². The lowest BCUT2D eigenvalue weighted by atomic mass is 10.1. The summed E-state index contributed by atoms with van der Waals surface area (Å²) in [4.78, 5) is 23.2. The van der Waals surface area contributed by atoms with E-state index >= 15 is 0 Å². The monoisotopic (exact) mass is 329 g/mol. The molecule has 0 radical (unpaired) electrons. The first-order valence-electron chi connectivity index (χ1n) is 9.19. The first-order valence-corrected chi connectivity index (χ1v) is 9.19. The zero-order chi connectivity index (χ0) is 17.3. The molecule has 0 aliphatic carbocycles. The molecule has 0 bridgehead atoms. The standard InChI is InChI=1S/C18H35NO4/c1-3-5-7-9-10-12-13-22-17(20)15-16(19)18(21)23-14-11-8-6-4-2/h16H,3-15,19H2,1-2H3. The van der Waals surface area contributed by atoms with Crippen molar-refractivity contribution in [3.8, 4) is 0 Å². The van der Waals surface area contributed by atoms with Crippen LogP contribution in [0, 0.1) is 0 Å². The van der Waals surface area contributed by atoms with Crippen LogP contribution in [0.5, 0.6) is 0 Å². The summed E-state index contributed by atoms with van der Waals surface area (Å²) in [6.45, 7) is 5.09. The molecule has 0 amide bonds. The summed E-state index contributed by atoms with van der Waals surface area (Å²) in [5.74, 6) is -0.938. The Hall–Kier alpha value is -1.10. The van der Waals surface area contributed by atoms with Gasteiger partial charge in [0.2, 0.25) is 0 Å². The van der Waals surface area contributed by atoms with Crippen LogP contribution in [-0.2, 0) is 19.1 Å². The molecule has 0 aromatic rings. The Bertz CT molecular complexity index is 307. The van der Waals surface area contributed by atoms with Crippen molar-refractivity contribution in [1.29, 1.82) is 0 Å². The van der Waals surface area contributed by atoms with Gasteiger partial charge in [0.05, 0.1) is 19.6 Å². The molecular formula is C18H35NO4. The van der Waals surface area contributed by atoms with E-state index in [-0.39, 0.29) is 6.42 Å². The van der Waals surface area contributed by atoms with Crippen molar-refractivity contribution in [1.82, 2.24) is 0 Å². The number of hydrogen-bond acceptors (Lipinski definition) is 5. The highest BCUT2D eigenvalue weighted by atomic mass is 16.5. The van der Waals surface area contributed by atoms with Gasteiger partial charge in [0.15, 0.2) is 0 Å². The number of carbonyl (C=O) groups is 2. The predicted octanol–water partition coefficient (Wildman–Crippen LogP) is 3.73. The minimum absolute atomic E-state index is 0.108. The maximum absolute atomic E-state index is 11.6. The van der Waals surface area contributed by atoms with Crippen LogP contribution in [0.3, 0.4) is 0 Å². The van der Waals surface area contributed by atoms with Crippen LogP contribution in [0.25, 0.3) is 0 Å². The van der Waals surface area contributed by atoms with Crippen molar-refractivity contribution in [2.45, 2.75) is 90.5 Å². The van der Waals surface area contributed by atoms with E-state index in [1.165, 1.54) is 25.7 Å². The normalized spacial score (nSPS) is 12.0. The Morgan fingerprint density at radius 2 is 1.26 bits per heavy atom. The number of nitrogens with two attached hydrogens (primary N) is 1. The van der Waals surface area contributed by atoms with Crippen molar-refractivity contribution in [2.24, 2.45) is 5.73 Å². The number of hydrogen-bond donors (Lipinski definition) is 1. The van der Waals surface area contributed by atoms with Crippen LogP contribution in [0.4, 0.5) is 0 Å². The summed E-state index contributed by atoms with van der Waals surface area (Å²) < 4.78 is 10.2. The molecule has 2 N–H and O–H groups in total. The molecule has 0 heterocycles. The maximum Gasteiger partial charge on any atom is 0.323 e. The van der Waals surface area contributed by atoms with Crippen LogP contribution in [-0.4, -0.2) is 31.2 Å². The highest BCUT2D eigenvalue weighted by Crippen LogP contribution is 2.06. The lowest BCUT2D eigenvalue weighted by molar-refractivity contribution is -0.152. The van der Waals surface area contributed by atoms with Crippen molar-refractivity contribution in [3.05, 3.63) is 0 Å². The fraction of sp³-hybridized carbons (Fsp3) is 0.889. The first-order chi connectivity index (χ1) is 11.1. The van der Waals surface area contributed by atoms with E-state index in [2.05, 4.69) is 13.8 Å². The first kappa shape index (κ1) is 21.9. The molecule has 1 unspecified atom stereocenters. The quantitative estimate of drug-likeness (QED) is 0.366. The number of ether oxygens (including phenoxy) is 2. The predicted molar refractivity (Wildman–Crippen MR) is 92.0 cm³/mol. The summed E-state index contributed by atoms with van der Waals surface area (Å²) in [5, 5.41) is 0. The third-order valence-electron chi connectivity index (χ3n) is 3.69. The minimum Gasteiger partial charge on any atom is -0.466 e. The van der Waals surface area contributed by atoms with Crippen LogP contribution >= 0.6 is 0 Å². The molecule has 0 saturated carbocycles. The molecular weight excluding hydrogens is 294 g/mol. The molecule has 5 heteroatoms. The van der Waals surface area contributed by atoms with Crippen LogP contribution in [0.15, 0.2) is 0 Å². The number of carbonyl (C=O) groups excluding carboxylic acids is 2. The van der Waals surface area contributed by atoms with Crippen LogP contribution in [0.1, 0.15) is 84.5 Å². The van der Waals surface area contributed by atoms with Crippen LogP contribution < -0.4 is 5.73 Å². The molecule has 0 aliphatic rings. The van der Waals surface area contributed by atoms with Gasteiger partial charge in [-0.2, -0.15) is 0 Å². The third kappa shape index (κ3) is 14.2. The Balaban J connectivity index is 3.57. The van der Waals surface area contributed by atoms with E-state index < -0.39 is 18.0 Å². The van der Waals surface area contributed by atoms with E-state index in [1.54, 1.807) is 0 Å². The Morgan fingerprint density at radius 3 is 1.87 bits per heavy atom. The van der Waals surface area contributed by atoms with Gasteiger partial charge in [-0.15, -0.1) is 0 Å². The average Bonchev–Trinajstić information content (AvgIpc) is 2.53. The summed E-state index contributed by atoms with van der Waals surface area (Å²) in [6.07, 6.45) is 10.9. The molecule has 5 nitrogen and oxygen atoms in total. The van der Waals surface area contributed by atoms with Gasteiger partial charge in [-0.05, 0) is 12.8 Å². The third-order valence-corrected chi connectivity index (χ3v) is 3.69. The van der Waals surface area contributed by atoms with Crippen molar-refractivity contribution < 1.29 is 19.1 Å². The fourth-order valence-electron chi connectivity index (χ4n) is 2.20. The van der Waals surface area contributed by atoms with Gasteiger partial charge in [0.1, 0.15) is 6.04 Å². The van der Waals surface area contributed by atoms with Gasteiger partial charge >= 0.3 is 11.9 Å². The highest BCUT2D eigenvalue weighted by molar-refractivity contribution is 5.82. The van der Waals surface area contributed by atoms with E-state index in [0.29, 0.717) is 13.2 Å². The number of unbranched alkanes of at least 4 members (excludes halogenated alkanes) is 8. The molecule has 0 aliphatic heterocycles. The molecule has 1 atom stereocenters. The smallest absolute Gasteiger partial charge is 0.323 e. The SMILES string of the molecule is CCCCCCCCOC(=O)CC(N)C(=O)OCCCCCC. The van der Waals surface area contributed by atoms with Crippen molar-refractivity contribution in [3.63, 3.8) is 0 Å². The molecule has 0 saturated heterocycles. The van der Waals surface area contributed by atoms with Gasteiger partial charge in [0.25, 0.3) is 0 Å². The second kappa shape index (κ2) is 15.8. The summed E-state index contributed by atoms with van der Waals surface area (Å²) in [5.41, 5.74) is 5.67. The molecule has 0 aromatic carbocycles. The summed E-state index contributed by atoms with van der Waals surface area (Å²) in [6, 6.07) is -0.918. The van der Waals surface area contributed by atoms with Crippen molar-refractivity contribution in [2.75, 3.05) is 13.2 Å². The molecule has 0 fully saturated rings. The second-order valence-corrected chi connectivity index (χ2v) is 6.03. The topological polar surface area (TPSA) is 78.6 Å². The Morgan fingerprint density at radius 1 is 0.783 bits per heavy atom. The Labute approximate surface area is 141 Å². The van der Waals surface area contributed by atoms with Gasteiger partial charge < -0.3 is 15.2 Å². The molecule has 0 spiro atoms. The van der Waals surface area contributed by atoms with E-state index in [4.69, 9.17) is 15.2 Å². The number of esters is 2. The van der Waals surface area contributed by atoms with E-state index in [0.717, 1.165) is 38.5 Å². The maximum atomic E-state index is 11.6. The molecule has 0 aromatic heterocycles. The fourth-order valence-corrected chi connectivity index (χ4v) is 2.20. The molecule has 23 heavy (non-hydrogen) atoms. The van der Waals surface area contributed by atoms with Gasteiger partial charge in [0, 0.05) is 0 Å². The largest absolute Gasteiger partial charge is 0.466 e. The van der Waals surface area contributed by atoms with Gasteiger partial charge in [-0.1, -0.05) is 65.2 Å². The zero-order valence-electron chi connectivity index (χ0n) is 15.0. The average molecular weight is 329 g/mol. The summed E-state index contributed by atoms with van der Waals surface area (Å²) in [7, 11) is 0. The van der Waals surface area contributed by atoms with E-state index in [9.17, 15) is 9.59 Å². The zero-order valence-corrected chi connectivity index (χ0v) is 15.0. The Kier molecular flexibility index (Phi) is 15.0.